The maximum absolute atomic E-state index is 13.4. The summed E-state index contributed by atoms with van der Waals surface area (Å²) in [7, 11) is -4.05. The zero-order valence-electron chi connectivity index (χ0n) is 18.4. The molecule has 3 aliphatic heterocycles. The van der Waals surface area contributed by atoms with E-state index in [9.17, 15) is 31.2 Å². The zero-order valence-corrected chi connectivity index (χ0v) is 19.2. The first-order valence-electron chi connectivity index (χ1n) is 10.8. The number of urea groups is 1. The van der Waals surface area contributed by atoms with Gasteiger partial charge in [-0.25, -0.2) is 18.0 Å². The number of nitrogens with zero attached hydrogens (tertiary/aromatic N) is 2. The molecule has 4 aliphatic rings. The third kappa shape index (κ3) is 4.03. The molecule has 34 heavy (non-hydrogen) atoms. The number of nitrogens with one attached hydrogen (secondary N) is 1. The summed E-state index contributed by atoms with van der Waals surface area (Å²) in [6.45, 7) is 2.13. The number of alkyl halides is 3. The van der Waals surface area contributed by atoms with Crippen molar-refractivity contribution in [1.29, 1.82) is 0 Å². The molecule has 1 aromatic carbocycles. The summed E-state index contributed by atoms with van der Waals surface area (Å²) in [5.41, 5.74) is -1.85. The molecular formula is C21H24F3N3O6S. The van der Waals surface area contributed by atoms with E-state index in [1.54, 1.807) is 9.80 Å². The third-order valence-corrected chi connectivity index (χ3v) is 8.20. The number of sulfone groups is 1. The normalized spacial score (nSPS) is 25.1. The van der Waals surface area contributed by atoms with Crippen LogP contribution in [-0.2, 0) is 20.8 Å². The van der Waals surface area contributed by atoms with Crippen molar-refractivity contribution in [1.82, 2.24) is 15.1 Å². The number of likely N-dealkylation sites (tertiary alicyclic amines) is 2. The van der Waals surface area contributed by atoms with Crippen LogP contribution in [0.25, 0.3) is 0 Å². The number of carbonyl (C=O) groups is 2. The van der Waals surface area contributed by atoms with Crippen molar-refractivity contribution in [3.63, 3.8) is 0 Å². The molecule has 1 N–H and O–H groups in total. The second kappa shape index (κ2) is 7.40. The molecule has 3 amide bonds. The Morgan fingerprint density at radius 3 is 2.47 bits per heavy atom. The number of benzene rings is 1. The van der Waals surface area contributed by atoms with E-state index < -0.39 is 38.1 Å². The summed E-state index contributed by atoms with van der Waals surface area (Å²) in [6.07, 6.45) is -2.87. The Bertz CT molecular complexity index is 1140. The number of ether oxygens (including phenoxy) is 2. The molecule has 1 saturated carbocycles. The second-order valence-corrected chi connectivity index (χ2v) is 11.9. The lowest BCUT2D eigenvalue weighted by Gasteiger charge is -2.53. The van der Waals surface area contributed by atoms with Gasteiger partial charge in [-0.15, -0.1) is 0 Å². The first-order valence-corrected chi connectivity index (χ1v) is 12.7. The van der Waals surface area contributed by atoms with E-state index in [0.29, 0.717) is 39.0 Å². The molecule has 0 bridgehead atoms. The number of carbonyl (C=O) groups excluding carboxylic acids is 2. The average Bonchev–Trinajstić information content (AvgIpc) is 3.28. The van der Waals surface area contributed by atoms with Crippen molar-refractivity contribution < 1.29 is 40.7 Å². The second-order valence-electron chi connectivity index (χ2n) is 9.89. The molecule has 5 rings (SSSR count). The van der Waals surface area contributed by atoms with Gasteiger partial charge in [-0.2, -0.15) is 13.2 Å². The Morgan fingerprint density at radius 2 is 1.88 bits per heavy atom. The highest BCUT2D eigenvalue weighted by molar-refractivity contribution is 7.90. The summed E-state index contributed by atoms with van der Waals surface area (Å²) < 4.78 is 74.4. The monoisotopic (exact) mass is 503 g/mol. The number of cyclic esters (lactones) is 1. The lowest BCUT2D eigenvalue weighted by atomic mass is 9.78. The molecule has 186 valence electrons. The molecule has 0 unspecified atom stereocenters. The van der Waals surface area contributed by atoms with Gasteiger partial charge in [-0.1, -0.05) is 0 Å². The fourth-order valence-corrected chi connectivity index (χ4v) is 6.33. The van der Waals surface area contributed by atoms with Crippen molar-refractivity contribution in [3.8, 4) is 5.75 Å². The quantitative estimate of drug-likeness (QED) is 0.679. The van der Waals surface area contributed by atoms with Gasteiger partial charge in [0.2, 0.25) is 0 Å². The molecule has 1 aromatic rings. The number of hydrogen-bond donors (Lipinski definition) is 1. The summed E-state index contributed by atoms with van der Waals surface area (Å²) >= 11 is 0. The van der Waals surface area contributed by atoms with Crippen LogP contribution in [0.1, 0.15) is 24.8 Å². The summed E-state index contributed by atoms with van der Waals surface area (Å²) in [6, 6.07) is 2.81. The fourth-order valence-electron chi connectivity index (χ4n) is 5.44. The molecule has 0 aromatic heterocycles. The van der Waals surface area contributed by atoms with E-state index >= 15 is 0 Å². The lowest BCUT2D eigenvalue weighted by Crippen LogP contribution is -2.73. The summed E-state index contributed by atoms with van der Waals surface area (Å²) in [5, 5.41) is 2.74. The fraction of sp³-hybridized carbons (Fsp3) is 0.619. The predicted octanol–water partition coefficient (Wildman–Crippen LogP) is 2.26. The molecule has 0 radical (unpaired) electrons. The molecule has 3 heterocycles. The van der Waals surface area contributed by atoms with Crippen molar-refractivity contribution in [3.05, 3.63) is 23.8 Å². The molecule has 13 heteroatoms. The Morgan fingerprint density at radius 1 is 1.21 bits per heavy atom. The van der Waals surface area contributed by atoms with E-state index in [4.69, 9.17) is 9.47 Å². The summed E-state index contributed by atoms with van der Waals surface area (Å²) in [5.74, 6) is -0.0271. The van der Waals surface area contributed by atoms with Crippen LogP contribution in [0.5, 0.6) is 5.75 Å². The SMILES string of the molecule is CS(=O)(=O)c1ccc(O[C@H]2CCC3(C2)CN(C(=O)N2CC4(COC(=O)N4)C2)C3)cc1C(F)(F)F. The smallest absolute Gasteiger partial charge is 0.417 e. The molecule has 1 atom stereocenters. The molecule has 2 spiro atoms. The van der Waals surface area contributed by atoms with Crippen LogP contribution >= 0.6 is 0 Å². The van der Waals surface area contributed by atoms with Crippen LogP contribution in [0.4, 0.5) is 22.8 Å². The highest BCUT2D eigenvalue weighted by Crippen LogP contribution is 2.47. The van der Waals surface area contributed by atoms with Crippen molar-refractivity contribution >= 4 is 22.0 Å². The standard InChI is InChI=1S/C21H24F3N3O6S/c1-34(30,31)16-3-2-13(6-15(16)21(22,23)24)33-14-4-5-19(7-14)8-26(9-19)18(29)27-10-20(11-27)12-32-17(28)25-20/h2-3,6,14H,4-5,7-12H2,1H3,(H,25,28)/t14-/m0/s1. The van der Waals surface area contributed by atoms with Crippen molar-refractivity contribution in [2.24, 2.45) is 5.41 Å². The van der Waals surface area contributed by atoms with Crippen LogP contribution < -0.4 is 10.1 Å². The first-order chi connectivity index (χ1) is 15.8. The van der Waals surface area contributed by atoms with E-state index in [1.165, 1.54) is 6.07 Å². The number of amides is 3. The Labute approximate surface area is 194 Å². The number of hydrogen-bond acceptors (Lipinski definition) is 6. The maximum Gasteiger partial charge on any atom is 0.417 e. The topological polar surface area (TPSA) is 105 Å². The highest BCUT2D eigenvalue weighted by Gasteiger charge is 2.56. The van der Waals surface area contributed by atoms with Gasteiger partial charge in [0, 0.05) is 24.8 Å². The van der Waals surface area contributed by atoms with Crippen LogP contribution in [0, 0.1) is 5.41 Å². The van der Waals surface area contributed by atoms with E-state index in [2.05, 4.69) is 5.32 Å². The molecule has 3 saturated heterocycles. The van der Waals surface area contributed by atoms with Gasteiger partial charge in [0.25, 0.3) is 0 Å². The zero-order chi connectivity index (χ0) is 24.5. The minimum atomic E-state index is -4.83. The largest absolute Gasteiger partial charge is 0.490 e. The molecule has 4 fully saturated rings. The van der Waals surface area contributed by atoms with Crippen molar-refractivity contribution in [2.45, 2.75) is 42.0 Å². The number of alkyl carbamates (subject to hydrolysis) is 1. The van der Waals surface area contributed by atoms with Gasteiger partial charge in [0.1, 0.15) is 17.9 Å². The average molecular weight is 503 g/mol. The minimum absolute atomic E-state index is 0.0271. The molecular weight excluding hydrogens is 479 g/mol. The van der Waals surface area contributed by atoms with Gasteiger partial charge in [0.15, 0.2) is 9.84 Å². The van der Waals surface area contributed by atoms with E-state index in [0.717, 1.165) is 24.8 Å². The highest BCUT2D eigenvalue weighted by atomic mass is 32.2. The van der Waals surface area contributed by atoms with Crippen LogP contribution in [-0.4, -0.2) is 81.0 Å². The Kier molecular flexibility index (Phi) is 5.02. The first kappa shape index (κ1) is 23.1. The third-order valence-electron chi connectivity index (χ3n) is 7.04. The lowest BCUT2D eigenvalue weighted by molar-refractivity contribution is -0.140. The van der Waals surface area contributed by atoms with E-state index in [1.807, 2.05) is 0 Å². The van der Waals surface area contributed by atoms with Crippen LogP contribution in [0.2, 0.25) is 0 Å². The molecule has 1 aliphatic carbocycles. The van der Waals surface area contributed by atoms with Crippen molar-refractivity contribution in [2.75, 3.05) is 39.0 Å². The van der Waals surface area contributed by atoms with Gasteiger partial charge >= 0.3 is 18.3 Å². The Balaban J connectivity index is 1.17. The number of halogens is 3. The van der Waals surface area contributed by atoms with Gasteiger partial charge in [-0.05, 0) is 37.5 Å². The van der Waals surface area contributed by atoms with Crippen LogP contribution in [0.15, 0.2) is 23.1 Å². The van der Waals surface area contributed by atoms with E-state index in [-0.39, 0.29) is 29.9 Å². The van der Waals surface area contributed by atoms with Gasteiger partial charge < -0.3 is 24.6 Å². The number of rotatable bonds is 3. The van der Waals surface area contributed by atoms with Gasteiger partial charge in [0.05, 0.1) is 29.7 Å². The predicted molar refractivity (Wildman–Crippen MR) is 111 cm³/mol. The maximum atomic E-state index is 13.4. The van der Waals surface area contributed by atoms with Gasteiger partial charge in [-0.3, -0.25) is 0 Å². The Hall–Kier alpha value is -2.70. The summed E-state index contributed by atoms with van der Waals surface area (Å²) in [4.78, 5) is 26.6. The minimum Gasteiger partial charge on any atom is -0.490 e. The molecule has 9 nitrogen and oxygen atoms in total. The van der Waals surface area contributed by atoms with Crippen LogP contribution in [0.3, 0.4) is 0 Å².